The van der Waals surface area contributed by atoms with E-state index in [4.69, 9.17) is 16.6 Å². The molecule has 0 aliphatic heterocycles. The fraction of sp³-hybridized carbons (Fsp3) is 0.250. The molecule has 5 N–H and O–H groups in total. The molecule has 0 bridgehead atoms. The molecule has 1 atom stereocenters. The van der Waals surface area contributed by atoms with Crippen LogP contribution in [0, 0.1) is 0 Å². The number of hydrogen-bond acceptors (Lipinski definition) is 3. The lowest BCUT2D eigenvalue weighted by molar-refractivity contribution is -0.149. The van der Waals surface area contributed by atoms with Crippen molar-refractivity contribution in [2.45, 2.75) is 12.2 Å². The number of nitrogens with two attached hydrogens (primary N) is 2. The SMILES string of the molecule is Nc1cc(O)ccc1[C@H](N)C(F)(F)F. The summed E-state index contributed by atoms with van der Waals surface area (Å²) in [7, 11) is 0. The molecule has 14 heavy (non-hydrogen) atoms. The lowest BCUT2D eigenvalue weighted by Crippen LogP contribution is -2.29. The molecule has 1 aromatic rings. The first-order valence-electron chi connectivity index (χ1n) is 3.73. The summed E-state index contributed by atoms with van der Waals surface area (Å²) < 4.78 is 36.5. The van der Waals surface area contributed by atoms with Gasteiger partial charge in [-0.3, -0.25) is 0 Å². The minimum Gasteiger partial charge on any atom is -0.508 e. The van der Waals surface area contributed by atoms with Crippen molar-refractivity contribution in [3.05, 3.63) is 23.8 Å². The fourth-order valence-electron chi connectivity index (χ4n) is 1.02. The average molecular weight is 206 g/mol. The summed E-state index contributed by atoms with van der Waals surface area (Å²) in [5.74, 6) is -0.194. The van der Waals surface area contributed by atoms with E-state index in [-0.39, 0.29) is 17.0 Å². The van der Waals surface area contributed by atoms with E-state index >= 15 is 0 Å². The topological polar surface area (TPSA) is 72.3 Å². The van der Waals surface area contributed by atoms with Crippen LogP contribution < -0.4 is 11.5 Å². The molecule has 0 spiro atoms. The van der Waals surface area contributed by atoms with Gasteiger partial charge < -0.3 is 16.6 Å². The lowest BCUT2D eigenvalue weighted by Gasteiger charge is -2.17. The van der Waals surface area contributed by atoms with Gasteiger partial charge in [-0.25, -0.2) is 0 Å². The van der Waals surface area contributed by atoms with E-state index in [9.17, 15) is 13.2 Å². The molecule has 0 aliphatic carbocycles. The van der Waals surface area contributed by atoms with Crippen molar-refractivity contribution in [3.8, 4) is 5.75 Å². The summed E-state index contributed by atoms with van der Waals surface area (Å²) in [5, 5.41) is 8.92. The van der Waals surface area contributed by atoms with Gasteiger partial charge in [0.15, 0.2) is 0 Å². The number of anilines is 1. The predicted octanol–water partition coefficient (Wildman–Crippen LogP) is 1.54. The maximum atomic E-state index is 12.2. The number of aromatic hydroxyl groups is 1. The van der Waals surface area contributed by atoms with Gasteiger partial charge in [-0.15, -0.1) is 0 Å². The van der Waals surface area contributed by atoms with E-state index in [1.54, 1.807) is 0 Å². The molecule has 0 radical (unpaired) electrons. The molecule has 0 saturated heterocycles. The van der Waals surface area contributed by atoms with Gasteiger partial charge in [-0.05, 0) is 6.07 Å². The Kier molecular flexibility index (Phi) is 2.57. The molecule has 0 amide bonds. The molecule has 0 saturated carbocycles. The van der Waals surface area contributed by atoms with Gasteiger partial charge in [0.2, 0.25) is 0 Å². The van der Waals surface area contributed by atoms with E-state index in [2.05, 4.69) is 0 Å². The molecule has 6 heteroatoms. The zero-order valence-corrected chi connectivity index (χ0v) is 7.05. The molecule has 0 aliphatic rings. The maximum absolute atomic E-state index is 12.2. The van der Waals surface area contributed by atoms with E-state index in [1.165, 1.54) is 0 Å². The second kappa shape index (κ2) is 3.38. The highest BCUT2D eigenvalue weighted by molar-refractivity contribution is 5.52. The summed E-state index contributed by atoms with van der Waals surface area (Å²) in [4.78, 5) is 0. The van der Waals surface area contributed by atoms with Gasteiger partial charge >= 0.3 is 6.18 Å². The largest absolute Gasteiger partial charge is 0.508 e. The van der Waals surface area contributed by atoms with Crippen LogP contribution in [0.4, 0.5) is 18.9 Å². The van der Waals surface area contributed by atoms with Crippen molar-refractivity contribution in [1.29, 1.82) is 0 Å². The third kappa shape index (κ3) is 2.08. The van der Waals surface area contributed by atoms with E-state index in [1.807, 2.05) is 0 Å². The Labute approximate surface area is 78.1 Å². The molecular formula is C8H9F3N2O. The Balaban J connectivity index is 3.08. The van der Waals surface area contributed by atoms with Gasteiger partial charge in [0.25, 0.3) is 0 Å². The van der Waals surface area contributed by atoms with Crippen LogP contribution in [0.5, 0.6) is 5.75 Å². The highest BCUT2D eigenvalue weighted by Gasteiger charge is 2.38. The van der Waals surface area contributed by atoms with E-state index in [0.29, 0.717) is 0 Å². The zero-order chi connectivity index (χ0) is 10.9. The van der Waals surface area contributed by atoms with Gasteiger partial charge in [0, 0.05) is 17.3 Å². The van der Waals surface area contributed by atoms with Crippen LogP contribution in [0.2, 0.25) is 0 Å². The Morgan fingerprint density at radius 3 is 2.29 bits per heavy atom. The monoisotopic (exact) mass is 206 g/mol. The lowest BCUT2D eigenvalue weighted by atomic mass is 10.1. The van der Waals surface area contributed by atoms with Crippen molar-refractivity contribution in [3.63, 3.8) is 0 Å². The first kappa shape index (κ1) is 10.6. The first-order chi connectivity index (χ1) is 6.32. The van der Waals surface area contributed by atoms with E-state index < -0.39 is 12.2 Å². The van der Waals surface area contributed by atoms with Crippen LogP contribution in [-0.4, -0.2) is 11.3 Å². The van der Waals surface area contributed by atoms with Crippen LogP contribution in [0.1, 0.15) is 11.6 Å². The van der Waals surface area contributed by atoms with Crippen LogP contribution in [0.25, 0.3) is 0 Å². The third-order valence-electron chi connectivity index (χ3n) is 1.76. The number of phenols is 1. The summed E-state index contributed by atoms with van der Waals surface area (Å²) in [5.41, 5.74) is 9.80. The number of phenolic OH excluding ortho intramolecular Hbond substituents is 1. The smallest absolute Gasteiger partial charge is 0.407 e. The first-order valence-corrected chi connectivity index (χ1v) is 3.73. The second-order valence-corrected chi connectivity index (χ2v) is 2.83. The molecule has 3 nitrogen and oxygen atoms in total. The van der Waals surface area contributed by atoms with Gasteiger partial charge in [0.05, 0.1) is 0 Å². The third-order valence-corrected chi connectivity index (χ3v) is 1.76. The van der Waals surface area contributed by atoms with Gasteiger partial charge in [0.1, 0.15) is 11.8 Å². The quantitative estimate of drug-likeness (QED) is 0.610. The summed E-state index contributed by atoms with van der Waals surface area (Å²) in [6, 6.07) is 1.07. The Bertz CT molecular complexity index is 338. The molecule has 1 aromatic carbocycles. The van der Waals surface area contributed by atoms with Crippen molar-refractivity contribution in [2.24, 2.45) is 5.73 Å². The molecule has 0 unspecified atom stereocenters. The summed E-state index contributed by atoms with van der Waals surface area (Å²) in [6.07, 6.45) is -4.54. The van der Waals surface area contributed by atoms with Crippen molar-refractivity contribution in [2.75, 3.05) is 5.73 Å². The molecule has 78 valence electrons. The van der Waals surface area contributed by atoms with E-state index in [0.717, 1.165) is 18.2 Å². The molecule has 0 heterocycles. The summed E-state index contributed by atoms with van der Waals surface area (Å²) >= 11 is 0. The highest BCUT2D eigenvalue weighted by Crippen LogP contribution is 2.34. The number of rotatable bonds is 1. The number of alkyl halides is 3. The maximum Gasteiger partial charge on any atom is 0.407 e. The normalized spacial score (nSPS) is 14.0. The van der Waals surface area contributed by atoms with Crippen LogP contribution in [0.15, 0.2) is 18.2 Å². The second-order valence-electron chi connectivity index (χ2n) is 2.83. The zero-order valence-electron chi connectivity index (χ0n) is 7.05. The minimum absolute atomic E-state index is 0.171. The van der Waals surface area contributed by atoms with Crippen LogP contribution in [0.3, 0.4) is 0 Å². The van der Waals surface area contributed by atoms with Crippen LogP contribution in [-0.2, 0) is 0 Å². The summed E-state index contributed by atoms with van der Waals surface area (Å²) in [6.45, 7) is 0. The van der Waals surface area contributed by atoms with Gasteiger partial charge in [-0.2, -0.15) is 13.2 Å². The van der Waals surface area contributed by atoms with Gasteiger partial charge in [-0.1, -0.05) is 6.07 Å². The average Bonchev–Trinajstić information content (AvgIpc) is 2.01. The number of hydrogen-bond donors (Lipinski definition) is 3. The Morgan fingerprint density at radius 2 is 1.86 bits per heavy atom. The Morgan fingerprint density at radius 1 is 1.29 bits per heavy atom. The highest BCUT2D eigenvalue weighted by atomic mass is 19.4. The van der Waals surface area contributed by atoms with Crippen molar-refractivity contribution in [1.82, 2.24) is 0 Å². The molecule has 1 rings (SSSR count). The van der Waals surface area contributed by atoms with Crippen LogP contribution >= 0.6 is 0 Å². The molecular weight excluding hydrogens is 197 g/mol. The number of nitrogen functional groups attached to an aromatic ring is 1. The molecule has 0 fully saturated rings. The number of halogens is 3. The Hall–Kier alpha value is -1.43. The van der Waals surface area contributed by atoms with Crippen molar-refractivity contribution >= 4 is 5.69 Å². The fourth-order valence-corrected chi connectivity index (χ4v) is 1.02. The minimum atomic E-state index is -4.54. The standard InChI is InChI=1S/C8H9F3N2O/c9-8(10,11)7(13)5-2-1-4(14)3-6(5)12/h1-3,7,14H,12-13H2/t7-/m0/s1. The van der Waals surface area contributed by atoms with Crippen molar-refractivity contribution < 1.29 is 18.3 Å². The molecule has 0 aromatic heterocycles. The predicted molar refractivity (Wildman–Crippen MR) is 45.5 cm³/mol. The number of benzene rings is 1.